The van der Waals surface area contributed by atoms with E-state index in [2.05, 4.69) is 27.3 Å². The number of aryl methyl sites for hydroxylation is 1. The maximum Gasteiger partial charge on any atom is 0.324 e. The highest BCUT2D eigenvalue weighted by molar-refractivity contribution is 5.27. The van der Waals surface area contributed by atoms with Crippen LogP contribution in [-0.4, -0.2) is 35.8 Å². The molecule has 0 spiro atoms. The molecule has 0 aliphatic carbocycles. The number of nitrogens with zero attached hydrogens (tertiary/aromatic N) is 3. The molecule has 5 heteroatoms. The molecule has 0 amide bonds. The highest BCUT2D eigenvalue weighted by Crippen LogP contribution is 2.17. The summed E-state index contributed by atoms with van der Waals surface area (Å²) in [5, 5.41) is 7.14. The molecule has 1 atom stereocenters. The molecule has 14 heavy (non-hydrogen) atoms. The molecule has 0 saturated carbocycles. The van der Waals surface area contributed by atoms with Crippen LogP contribution in [0.1, 0.15) is 19.2 Å². The summed E-state index contributed by atoms with van der Waals surface area (Å²) < 4.78 is 5.17. The third kappa shape index (κ3) is 1.72. The van der Waals surface area contributed by atoms with Crippen LogP contribution in [0, 0.1) is 6.92 Å². The van der Waals surface area contributed by atoms with E-state index in [4.69, 9.17) is 4.52 Å². The number of hydrogen-bond acceptors (Lipinski definition) is 5. The van der Waals surface area contributed by atoms with Crippen LogP contribution in [0.25, 0.3) is 0 Å². The zero-order valence-corrected chi connectivity index (χ0v) is 8.66. The molecule has 2 heterocycles. The van der Waals surface area contributed by atoms with E-state index in [1.165, 1.54) is 0 Å². The number of nitrogens with one attached hydrogen (secondary N) is 1. The molecule has 5 nitrogen and oxygen atoms in total. The highest BCUT2D eigenvalue weighted by atomic mass is 16.5. The normalized spacial score (nSPS) is 21.4. The molecule has 0 radical (unpaired) electrons. The van der Waals surface area contributed by atoms with Crippen LogP contribution in [0.2, 0.25) is 0 Å². The van der Waals surface area contributed by atoms with E-state index in [9.17, 15) is 0 Å². The van der Waals surface area contributed by atoms with Gasteiger partial charge in [0.05, 0.1) is 0 Å². The fraction of sp³-hybridized carbons (Fsp3) is 0.778. The Morgan fingerprint density at radius 1 is 1.64 bits per heavy atom. The number of likely N-dealkylation sites (N-methyl/N-ethyl adjacent to an activating group) is 1. The quantitative estimate of drug-likeness (QED) is 0.765. The van der Waals surface area contributed by atoms with E-state index < -0.39 is 0 Å². The maximum absolute atomic E-state index is 5.17. The lowest BCUT2D eigenvalue weighted by atomic mass is 10.2. The van der Waals surface area contributed by atoms with Gasteiger partial charge in [-0.2, -0.15) is 4.98 Å². The van der Waals surface area contributed by atoms with Crippen molar-refractivity contribution in [2.45, 2.75) is 26.3 Å². The largest absolute Gasteiger partial charge is 0.324 e. The molecule has 1 aliphatic rings. The standard InChI is InChI=1S/C9H16N4O/c1-3-13(8-4-5-10-6-8)9-11-7(2)12-14-9/h8,10H,3-6H2,1-2H3. The number of rotatable bonds is 3. The van der Waals surface area contributed by atoms with Crippen molar-refractivity contribution in [2.75, 3.05) is 24.5 Å². The molecule has 1 N–H and O–H groups in total. The van der Waals surface area contributed by atoms with Gasteiger partial charge in [-0.05, 0) is 26.8 Å². The van der Waals surface area contributed by atoms with Crippen LogP contribution in [0.5, 0.6) is 0 Å². The fourth-order valence-corrected chi connectivity index (χ4v) is 1.86. The van der Waals surface area contributed by atoms with Crippen LogP contribution in [-0.2, 0) is 0 Å². The first kappa shape index (κ1) is 9.45. The SMILES string of the molecule is CCN(c1nc(C)no1)C1CCNC1. The number of hydrogen-bond donors (Lipinski definition) is 1. The Kier molecular flexibility index (Phi) is 2.67. The molecule has 1 aromatic rings. The Morgan fingerprint density at radius 2 is 2.50 bits per heavy atom. The first-order valence-corrected chi connectivity index (χ1v) is 5.09. The van der Waals surface area contributed by atoms with E-state index in [1.807, 2.05) is 6.92 Å². The lowest BCUT2D eigenvalue weighted by Crippen LogP contribution is -2.36. The monoisotopic (exact) mass is 196 g/mol. The Bertz CT molecular complexity index is 293. The molecule has 1 aliphatic heterocycles. The zero-order chi connectivity index (χ0) is 9.97. The van der Waals surface area contributed by atoms with Gasteiger partial charge in [0, 0.05) is 19.1 Å². The third-order valence-corrected chi connectivity index (χ3v) is 2.58. The van der Waals surface area contributed by atoms with E-state index in [0.29, 0.717) is 17.9 Å². The van der Waals surface area contributed by atoms with Gasteiger partial charge in [-0.25, -0.2) is 0 Å². The van der Waals surface area contributed by atoms with Gasteiger partial charge in [-0.1, -0.05) is 5.16 Å². The van der Waals surface area contributed by atoms with Crippen molar-refractivity contribution in [3.63, 3.8) is 0 Å². The molecule has 0 bridgehead atoms. The van der Waals surface area contributed by atoms with Gasteiger partial charge in [0.1, 0.15) is 0 Å². The van der Waals surface area contributed by atoms with Crippen molar-refractivity contribution < 1.29 is 4.52 Å². The summed E-state index contributed by atoms with van der Waals surface area (Å²) in [6.07, 6.45) is 1.15. The Labute approximate surface area is 83.5 Å². The van der Waals surface area contributed by atoms with Crippen LogP contribution in [0.15, 0.2) is 4.52 Å². The second-order valence-electron chi connectivity index (χ2n) is 3.56. The molecule has 0 aromatic carbocycles. The summed E-state index contributed by atoms with van der Waals surface area (Å²) >= 11 is 0. The molecule has 1 fully saturated rings. The Morgan fingerprint density at radius 3 is 3.00 bits per heavy atom. The first-order chi connectivity index (χ1) is 6.81. The minimum atomic E-state index is 0.500. The van der Waals surface area contributed by atoms with Gasteiger partial charge in [0.15, 0.2) is 5.82 Å². The van der Waals surface area contributed by atoms with Crippen molar-refractivity contribution in [2.24, 2.45) is 0 Å². The molecule has 1 aromatic heterocycles. The lowest BCUT2D eigenvalue weighted by molar-refractivity contribution is 0.400. The first-order valence-electron chi connectivity index (χ1n) is 5.09. The molecule has 1 unspecified atom stereocenters. The van der Waals surface area contributed by atoms with Crippen LogP contribution >= 0.6 is 0 Å². The maximum atomic E-state index is 5.17. The summed E-state index contributed by atoms with van der Waals surface area (Å²) in [6, 6.07) is 1.15. The summed E-state index contributed by atoms with van der Waals surface area (Å²) in [5.41, 5.74) is 0. The van der Waals surface area contributed by atoms with E-state index in [0.717, 1.165) is 26.1 Å². The van der Waals surface area contributed by atoms with Gasteiger partial charge in [-0.3, -0.25) is 0 Å². The van der Waals surface area contributed by atoms with Crippen molar-refractivity contribution in [1.82, 2.24) is 15.5 Å². The second-order valence-corrected chi connectivity index (χ2v) is 3.56. The predicted octanol–water partition coefficient (Wildman–Crippen LogP) is 0.566. The van der Waals surface area contributed by atoms with E-state index in [-0.39, 0.29) is 0 Å². The van der Waals surface area contributed by atoms with Gasteiger partial charge in [0.2, 0.25) is 0 Å². The van der Waals surface area contributed by atoms with E-state index >= 15 is 0 Å². The highest BCUT2D eigenvalue weighted by Gasteiger charge is 2.24. The van der Waals surface area contributed by atoms with E-state index in [1.54, 1.807) is 0 Å². The summed E-state index contributed by atoms with van der Waals surface area (Å²) in [5.74, 6) is 0.699. The zero-order valence-electron chi connectivity index (χ0n) is 8.66. The average Bonchev–Trinajstić information content (AvgIpc) is 2.79. The number of aromatic nitrogens is 2. The Balaban J connectivity index is 2.12. The molecule has 2 rings (SSSR count). The predicted molar refractivity (Wildman–Crippen MR) is 53.3 cm³/mol. The summed E-state index contributed by atoms with van der Waals surface area (Å²) in [4.78, 5) is 6.41. The summed E-state index contributed by atoms with van der Waals surface area (Å²) in [7, 11) is 0. The lowest BCUT2D eigenvalue weighted by Gasteiger charge is -2.24. The molecule has 78 valence electrons. The smallest absolute Gasteiger partial charge is 0.320 e. The van der Waals surface area contributed by atoms with Crippen LogP contribution in [0.4, 0.5) is 6.01 Å². The van der Waals surface area contributed by atoms with Gasteiger partial charge in [-0.15, -0.1) is 0 Å². The molecular formula is C9H16N4O. The summed E-state index contributed by atoms with van der Waals surface area (Å²) in [6.45, 7) is 6.95. The van der Waals surface area contributed by atoms with Crippen molar-refractivity contribution in [3.05, 3.63) is 5.82 Å². The topological polar surface area (TPSA) is 54.2 Å². The van der Waals surface area contributed by atoms with Crippen molar-refractivity contribution in [3.8, 4) is 0 Å². The fourth-order valence-electron chi connectivity index (χ4n) is 1.86. The van der Waals surface area contributed by atoms with Crippen LogP contribution in [0.3, 0.4) is 0 Å². The minimum absolute atomic E-state index is 0.500. The van der Waals surface area contributed by atoms with Crippen molar-refractivity contribution in [1.29, 1.82) is 0 Å². The van der Waals surface area contributed by atoms with Gasteiger partial charge < -0.3 is 14.7 Å². The Hall–Kier alpha value is -1.10. The number of anilines is 1. The van der Waals surface area contributed by atoms with Gasteiger partial charge >= 0.3 is 6.01 Å². The third-order valence-electron chi connectivity index (χ3n) is 2.58. The van der Waals surface area contributed by atoms with Gasteiger partial charge in [0.25, 0.3) is 0 Å². The average molecular weight is 196 g/mol. The minimum Gasteiger partial charge on any atom is -0.320 e. The molecule has 1 saturated heterocycles. The van der Waals surface area contributed by atoms with Crippen molar-refractivity contribution >= 4 is 6.01 Å². The molecular weight excluding hydrogens is 180 g/mol. The van der Waals surface area contributed by atoms with Crippen LogP contribution < -0.4 is 10.2 Å². The second kappa shape index (κ2) is 3.96.